The summed E-state index contributed by atoms with van der Waals surface area (Å²) >= 11 is 6.08. The first-order valence-electron chi connectivity index (χ1n) is 6.84. The van der Waals surface area contributed by atoms with Gasteiger partial charge in [0.25, 0.3) is 0 Å². The number of aromatic nitrogens is 1. The largest absolute Gasteiger partial charge is 0.481 e. The topological polar surface area (TPSA) is 63.3 Å². The van der Waals surface area contributed by atoms with Gasteiger partial charge in [-0.25, -0.2) is 4.98 Å². The molecule has 1 saturated carbocycles. The van der Waals surface area contributed by atoms with Gasteiger partial charge in [-0.2, -0.15) is 0 Å². The highest BCUT2D eigenvalue weighted by Crippen LogP contribution is 2.44. The van der Waals surface area contributed by atoms with Crippen LogP contribution in [0.1, 0.15) is 38.0 Å². The first kappa shape index (κ1) is 13.4. The van der Waals surface area contributed by atoms with Crippen molar-refractivity contribution in [2.45, 2.75) is 38.5 Å². The van der Waals surface area contributed by atoms with Crippen molar-refractivity contribution in [3.8, 4) is 0 Å². The van der Waals surface area contributed by atoms with Crippen molar-refractivity contribution < 1.29 is 14.3 Å². The van der Waals surface area contributed by atoms with Crippen LogP contribution in [0.3, 0.4) is 0 Å². The van der Waals surface area contributed by atoms with Crippen molar-refractivity contribution in [3.63, 3.8) is 0 Å². The van der Waals surface area contributed by atoms with E-state index in [0.717, 1.165) is 31.2 Å². The van der Waals surface area contributed by atoms with E-state index in [-0.39, 0.29) is 11.8 Å². The van der Waals surface area contributed by atoms with Gasteiger partial charge in [-0.1, -0.05) is 30.5 Å². The molecule has 0 spiro atoms. The third-order valence-electron chi connectivity index (χ3n) is 4.13. The number of fused-ring (bicyclic) bond motifs is 1. The molecule has 1 aliphatic rings. The van der Waals surface area contributed by atoms with Crippen LogP contribution in [0.4, 0.5) is 0 Å². The number of benzene rings is 1. The fraction of sp³-hybridized carbons (Fsp3) is 0.467. The van der Waals surface area contributed by atoms with E-state index >= 15 is 0 Å². The number of aliphatic carboxylic acids is 1. The van der Waals surface area contributed by atoms with Gasteiger partial charge in [-0.3, -0.25) is 4.79 Å². The number of nitrogens with zero attached hydrogens (tertiary/aromatic N) is 1. The normalized spacial score (nSPS) is 17.6. The lowest BCUT2D eigenvalue weighted by atomic mass is 9.79. The maximum atomic E-state index is 11.1. The summed E-state index contributed by atoms with van der Waals surface area (Å²) in [5.41, 5.74) is 1.11. The lowest BCUT2D eigenvalue weighted by Gasteiger charge is -2.25. The average molecular weight is 294 g/mol. The van der Waals surface area contributed by atoms with Crippen molar-refractivity contribution >= 4 is 28.7 Å². The molecule has 0 unspecified atom stereocenters. The molecule has 0 amide bonds. The quantitative estimate of drug-likeness (QED) is 0.923. The SMILES string of the molecule is O=C(O)CC1(Cc2nc3cccc(Cl)c3o2)CCCC1. The predicted molar refractivity (Wildman–Crippen MR) is 75.9 cm³/mol. The second-order valence-electron chi connectivity index (χ2n) is 5.65. The molecule has 0 atom stereocenters. The van der Waals surface area contributed by atoms with Gasteiger partial charge in [0.05, 0.1) is 11.4 Å². The van der Waals surface area contributed by atoms with E-state index in [0.29, 0.717) is 22.9 Å². The lowest BCUT2D eigenvalue weighted by Crippen LogP contribution is -2.23. The van der Waals surface area contributed by atoms with Crippen LogP contribution in [0.5, 0.6) is 0 Å². The van der Waals surface area contributed by atoms with Crippen LogP contribution < -0.4 is 0 Å². The fourth-order valence-corrected chi connectivity index (χ4v) is 3.43. The van der Waals surface area contributed by atoms with E-state index in [1.807, 2.05) is 12.1 Å². The van der Waals surface area contributed by atoms with E-state index in [4.69, 9.17) is 21.1 Å². The highest BCUT2D eigenvalue weighted by Gasteiger charge is 2.37. The molecular weight excluding hydrogens is 278 g/mol. The standard InChI is InChI=1S/C15H16ClNO3/c16-10-4-3-5-11-14(10)20-12(17-11)8-15(9-13(18)19)6-1-2-7-15/h3-5H,1-2,6-9H2,(H,18,19). The summed E-state index contributed by atoms with van der Waals surface area (Å²) in [4.78, 5) is 15.6. The van der Waals surface area contributed by atoms with E-state index in [2.05, 4.69) is 4.98 Å². The van der Waals surface area contributed by atoms with Gasteiger partial charge in [0.15, 0.2) is 11.5 Å². The number of halogens is 1. The minimum atomic E-state index is -0.749. The Hall–Kier alpha value is -1.55. The molecule has 106 valence electrons. The van der Waals surface area contributed by atoms with Crippen LogP contribution in [-0.2, 0) is 11.2 Å². The maximum Gasteiger partial charge on any atom is 0.303 e. The molecule has 20 heavy (non-hydrogen) atoms. The summed E-state index contributed by atoms with van der Waals surface area (Å²) in [7, 11) is 0. The lowest BCUT2D eigenvalue weighted by molar-refractivity contribution is -0.139. The van der Waals surface area contributed by atoms with Gasteiger partial charge in [0.1, 0.15) is 5.52 Å². The number of hydrogen-bond acceptors (Lipinski definition) is 3. The maximum absolute atomic E-state index is 11.1. The van der Waals surface area contributed by atoms with Gasteiger partial charge < -0.3 is 9.52 Å². The Kier molecular flexibility index (Phi) is 3.42. The fourth-order valence-electron chi connectivity index (χ4n) is 3.22. The molecule has 0 bridgehead atoms. The number of rotatable bonds is 4. The second-order valence-corrected chi connectivity index (χ2v) is 6.06. The zero-order chi connectivity index (χ0) is 14.2. The number of carboxylic acids is 1. The summed E-state index contributed by atoms with van der Waals surface area (Å²) in [6.45, 7) is 0. The smallest absolute Gasteiger partial charge is 0.303 e. The zero-order valence-corrected chi connectivity index (χ0v) is 11.8. The molecule has 2 aromatic rings. The number of hydrogen-bond donors (Lipinski definition) is 1. The molecule has 1 aromatic heterocycles. The summed E-state index contributed by atoms with van der Waals surface area (Å²) < 4.78 is 5.73. The van der Waals surface area contributed by atoms with Gasteiger partial charge in [0, 0.05) is 6.42 Å². The first-order chi connectivity index (χ1) is 9.58. The van der Waals surface area contributed by atoms with Crippen LogP contribution in [0.2, 0.25) is 5.02 Å². The van der Waals surface area contributed by atoms with Crippen LogP contribution in [0.25, 0.3) is 11.1 Å². The third-order valence-corrected chi connectivity index (χ3v) is 4.43. The first-order valence-corrected chi connectivity index (χ1v) is 7.22. The molecule has 1 aromatic carbocycles. The van der Waals surface area contributed by atoms with Crippen molar-refractivity contribution in [1.29, 1.82) is 0 Å². The van der Waals surface area contributed by atoms with Gasteiger partial charge in [-0.15, -0.1) is 0 Å². The third kappa shape index (κ3) is 2.52. The Morgan fingerprint density at radius 1 is 1.40 bits per heavy atom. The summed E-state index contributed by atoms with van der Waals surface area (Å²) in [6.07, 6.45) is 4.75. The molecule has 0 aliphatic heterocycles. The number of carboxylic acid groups (broad SMARTS) is 1. The van der Waals surface area contributed by atoms with E-state index in [9.17, 15) is 4.79 Å². The molecule has 1 N–H and O–H groups in total. The van der Waals surface area contributed by atoms with Crippen molar-refractivity contribution in [3.05, 3.63) is 29.1 Å². The second kappa shape index (κ2) is 5.09. The highest BCUT2D eigenvalue weighted by molar-refractivity contribution is 6.34. The molecule has 0 radical (unpaired) electrons. The Morgan fingerprint density at radius 2 is 2.15 bits per heavy atom. The van der Waals surface area contributed by atoms with Gasteiger partial charge in [-0.05, 0) is 30.4 Å². The number of oxazole rings is 1. The molecule has 1 fully saturated rings. The Bertz CT molecular complexity index is 644. The van der Waals surface area contributed by atoms with E-state index in [1.54, 1.807) is 6.07 Å². The molecule has 4 nitrogen and oxygen atoms in total. The monoisotopic (exact) mass is 293 g/mol. The average Bonchev–Trinajstić information content (AvgIpc) is 2.96. The zero-order valence-electron chi connectivity index (χ0n) is 11.1. The molecule has 1 aliphatic carbocycles. The Labute approximate surface area is 121 Å². The van der Waals surface area contributed by atoms with Crippen LogP contribution >= 0.6 is 11.6 Å². The van der Waals surface area contributed by atoms with Crippen molar-refractivity contribution in [2.24, 2.45) is 5.41 Å². The number of para-hydroxylation sites is 1. The van der Waals surface area contributed by atoms with Crippen LogP contribution in [-0.4, -0.2) is 16.1 Å². The van der Waals surface area contributed by atoms with E-state index < -0.39 is 5.97 Å². The van der Waals surface area contributed by atoms with Crippen LogP contribution in [0.15, 0.2) is 22.6 Å². The van der Waals surface area contributed by atoms with Crippen molar-refractivity contribution in [2.75, 3.05) is 0 Å². The minimum absolute atomic E-state index is 0.180. The Morgan fingerprint density at radius 3 is 2.80 bits per heavy atom. The van der Waals surface area contributed by atoms with E-state index in [1.165, 1.54) is 0 Å². The molecular formula is C15H16ClNO3. The van der Waals surface area contributed by atoms with Gasteiger partial charge in [0.2, 0.25) is 0 Å². The minimum Gasteiger partial charge on any atom is -0.481 e. The molecule has 1 heterocycles. The summed E-state index contributed by atoms with van der Waals surface area (Å²) in [5.74, 6) is -0.155. The Balaban J connectivity index is 1.90. The summed E-state index contributed by atoms with van der Waals surface area (Å²) in [6, 6.07) is 5.45. The molecule has 0 saturated heterocycles. The molecule has 3 rings (SSSR count). The van der Waals surface area contributed by atoms with Gasteiger partial charge >= 0.3 is 5.97 Å². The number of carbonyl (C=O) groups is 1. The molecule has 5 heteroatoms. The summed E-state index contributed by atoms with van der Waals surface area (Å²) in [5, 5.41) is 9.67. The highest BCUT2D eigenvalue weighted by atomic mass is 35.5. The predicted octanol–water partition coefficient (Wildman–Crippen LogP) is 4.06. The van der Waals surface area contributed by atoms with Crippen molar-refractivity contribution in [1.82, 2.24) is 4.98 Å². The van der Waals surface area contributed by atoms with Crippen LogP contribution in [0, 0.1) is 5.41 Å².